The number of Topliss-reactive ketones (excluding diaryl/α,β-unsaturated/α-hetero) is 1. The second-order valence-corrected chi connectivity index (χ2v) is 8.00. The molecule has 7 nitrogen and oxygen atoms in total. The van der Waals surface area contributed by atoms with Crippen LogP contribution < -0.4 is 9.64 Å². The number of benzene rings is 1. The Hall–Kier alpha value is -3.52. The Bertz CT molecular complexity index is 1150. The molecule has 1 unspecified atom stereocenters. The van der Waals surface area contributed by atoms with Gasteiger partial charge >= 0.3 is 0 Å². The number of aliphatic hydroxyl groups is 1. The zero-order valence-electron chi connectivity index (χ0n) is 16.6. The van der Waals surface area contributed by atoms with Crippen LogP contribution >= 0.6 is 11.3 Å². The highest BCUT2D eigenvalue weighted by Crippen LogP contribution is 2.42. The molecule has 0 bridgehead atoms. The van der Waals surface area contributed by atoms with Crippen molar-refractivity contribution in [3.63, 3.8) is 0 Å². The largest absolute Gasteiger partial charge is 0.503 e. The van der Waals surface area contributed by atoms with E-state index >= 15 is 0 Å². The highest BCUT2D eigenvalue weighted by molar-refractivity contribution is 7.14. The molecule has 152 valence electrons. The molecule has 1 amide bonds. The predicted molar refractivity (Wildman–Crippen MR) is 113 cm³/mol. The van der Waals surface area contributed by atoms with Gasteiger partial charge in [-0.2, -0.15) is 0 Å². The van der Waals surface area contributed by atoms with Crippen LogP contribution in [0.15, 0.2) is 60.1 Å². The molecule has 8 heteroatoms. The summed E-state index contributed by atoms with van der Waals surface area (Å²) in [5, 5.41) is 11.5. The number of nitrogens with zero attached hydrogens (tertiary/aromatic N) is 3. The number of aryl methyl sites for hydroxylation is 2. The minimum Gasteiger partial charge on any atom is -0.503 e. The summed E-state index contributed by atoms with van der Waals surface area (Å²) in [7, 11) is 1.55. The van der Waals surface area contributed by atoms with E-state index in [4.69, 9.17) is 4.74 Å². The molecule has 2 aromatic heterocycles. The van der Waals surface area contributed by atoms with E-state index in [1.807, 2.05) is 6.92 Å². The number of aromatic nitrogens is 2. The number of aliphatic hydroxyl groups excluding tert-OH is 1. The van der Waals surface area contributed by atoms with Crippen molar-refractivity contribution in [3.8, 4) is 5.75 Å². The van der Waals surface area contributed by atoms with Gasteiger partial charge in [0.25, 0.3) is 5.91 Å². The SMILES string of the molecule is COc1ccc(N2C(=O)C(O)=C(C(=O)c3sc(C)nc3C)C2c2cccnc2)cc1. The van der Waals surface area contributed by atoms with Crippen LogP contribution in [0, 0.1) is 13.8 Å². The Morgan fingerprint density at radius 1 is 1.20 bits per heavy atom. The number of rotatable bonds is 5. The lowest BCUT2D eigenvalue weighted by molar-refractivity contribution is -0.117. The highest BCUT2D eigenvalue weighted by Gasteiger charge is 2.45. The van der Waals surface area contributed by atoms with E-state index in [-0.39, 0.29) is 5.57 Å². The van der Waals surface area contributed by atoms with Gasteiger partial charge in [-0.1, -0.05) is 6.07 Å². The first-order chi connectivity index (χ1) is 14.4. The molecule has 0 radical (unpaired) electrons. The zero-order valence-corrected chi connectivity index (χ0v) is 17.4. The molecule has 3 heterocycles. The van der Waals surface area contributed by atoms with Crippen molar-refractivity contribution in [1.29, 1.82) is 0 Å². The van der Waals surface area contributed by atoms with Gasteiger partial charge in [0, 0.05) is 18.1 Å². The Morgan fingerprint density at radius 2 is 1.93 bits per heavy atom. The molecule has 0 saturated heterocycles. The first kappa shape index (κ1) is 19.8. The van der Waals surface area contributed by atoms with Gasteiger partial charge in [0.2, 0.25) is 5.78 Å². The van der Waals surface area contributed by atoms with Crippen LogP contribution in [0.4, 0.5) is 5.69 Å². The smallest absolute Gasteiger partial charge is 0.294 e. The van der Waals surface area contributed by atoms with Crippen molar-refractivity contribution < 1.29 is 19.4 Å². The third-order valence-electron chi connectivity index (χ3n) is 4.91. The molecular formula is C22H19N3O4S. The third-order valence-corrected chi connectivity index (χ3v) is 5.98. The average Bonchev–Trinajstić information content (AvgIpc) is 3.24. The predicted octanol–water partition coefficient (Wildman–Crippen LogP) is 3.95. The number of carbonyl (C=O) groups excluding carboxylic acids is 2. The van der Waals surface area contributed by atoms with Crippen molar-refractivity contribution in [1.82, 2.24) is 9.97 Å². The molecule has 0 spiro atoms. The first-order valence-electron chi connectivity index (χ1n) is 9.21. The minimum atomic E-state index is -0.811. The van der Waals surface area contributed by atoms with Crippen LogP contribution in [0.2, 0.25) is 0 Å². The van der Waals surface area contributed by atoms with Gasteiger partial charge in [-0.25, -0.2) is 4.98 Å². The van der Waals surface area contributed by atoms with Gasteiger partial charge < -0.3 is 9.84 Å². The van der Waals surface area contributed by atoms with Crippen molar-refractivity contribution in [2.75, 3.05) is 12.0 Å². The summed E-state index contributed by atoms with van der Waals surface area (Å²) in [4.78, 5) is 36.8. The fourth-order valence-electron chi connectivity index (χ4n) is 3.56. The fraction of sp³-hybridized carbons (Fsp3) is 0.182. The average molecular weight is 421 g/mol. The van der Waals surface area contributed by atoms with E-state index in [2.05, 4.69) is 9.97 Å². The van der Waals surface area contributed by atoms with Crippen LogP contribution in [0.1, 0.15) is 32.0 Å². The number of thiazole rings is 1. The summed E-state index contributed by atoms with van der Waals surface area (Å²) < 4.78 is 5.19. The zero-order chi connectivity index (χ0) is 21.4. The molecule has 0 saturated carbocycles. The number of anilines is 1. The molecule has 0 fully saturated rings. The maximum absolute atomic E-state index is 13.4. The fourth-order valence-corrected chi connectivity index (χ4v) is 4.44. The highest BCUT2D eigenvalue weighted by atomic mass is 32.1. The van der Waals surface area contributed by atoms with E-state index < -0.39 is 23.5 Å². The number of hydrogen-bond acceptors (Lipinski definition) is 7. The second-order valence-electron chi connectivity index (χ2n) is 6.80. The summed E-state index contributed by atoms with van der Waals surface area (Å²) in [6.07, 6.45) is 3.20. The summed E-state index contributed by atoms with van der Waals surface area (Å²) in [6, 6.07) is 9.55. The topological polar surface area (TPSA) is 92.6 Å². The number of pyridine rings is 1. The lowest BCUT2D eigenvalue weighted by Gasteiger charge is -2.26. The number of carbonyl (C=O) groups is 2. The van der Waals surface area contributed by atoms with Crippen LogP contribution in [0.3, 0.4) is 0 Å². The van der Waals surface area contributed by atoms with Gasteiger partial charge in [0.05, 0.1) is 34.3 Å². The van der Waals surface area contributed by atoms with Crippen LogP contribution in [0.5, 0.6) is 5.75 Å². The molecule has 30 heavy (non-hydrogen) atoms. The number of amides is 1. The number of ether oxygens (including phenoxy) is 1. The second kappa shape index (κ2) is 7.72. The van der Waals surface area contributed by atoms with Crippen LogP contribution in [0.25, 0.3) is 0 Å². The molecular weight excluding hydrogens is 402 g/mol. The number of hydrogen-bond donors (Lipinski definition) is 1. The van der Waals surface area contributed by atoms with E-state index in [0.717, 1.165) is 5.01 Å². The van der Waals surface area contributed by atoms with E-state index in [0.29, 0.717) is 27.6 Å². The van der Waals surface area contributed by atoms with Crippen molar-refractivity contribution in [2.45, 2.75) is 19.9 Å². The first-order valence-corrected chi connectivity index (χ1v) is 10.0. The van der Waals surface area contributed by atoms with Gasteiger partial charge in [-0.15, -0.1) is 11.3 Å². The third kappa shape index (κ3) is 3.25. The maximum Gasteiger partial charge on any atom is 0.294 e. The van der Waals surface area contributed by atoms with Gasteiger partial charge in [0.15, 0.2) is 5.76 Å². The maximum atomic E-state index is 13.4. The Labute approximate surface area is 177 Å². The molecule has 1 aromatic carbocycles. The standard InChI is InChI=1S/C22H19N3O4S/c1-12-21(30-13(2)24-12)19(26)17-18(14-5-4-10-23-11-14)25(22(28)20(17)27)15-6-8-16(29-3)9-7-15/h4-11,18,27H,1-3H3. The van der Waals surface area contributed by atoms with Crippen molar-refractivity contribution >= 4 is 28.7 Å². The summed E-state index contributed by atoms with van der Waals surface area (Å²) in [5.74, 6) is -0.979. The molecule has 1 aliphatic rings. The monoisotopic (exact) mass is 421 g/mol. The summed E-state index contributed by atoms with van der Waals surface area (Å²) >= 11 is 1.24. The number of methoxy groups -OCH3 is 1. The Kier molecular flexibility index (Phi) is 5.09. The minimum absolute atomic E-state index is 0.0237. The Morgan fingerprint density at radius 3 is 2.50 bits per heavy atom. The van der Waals surface area contributed by atoms with E-state index in [1.165, 1.54) is 16.2 Å². The lowest BCUT2D eigenvalue weighted by Crippen LogP contribution is -2.31. The van der Waals surface area contributed by atoms with E-state index in [9.17, 15) is 14.7 Å². The van der Waals surface area contributed by atoms with Crippen LogP contribution in [-0.2, 0) is 4.79 Å². The van der Waals surface area contributed by atoms with Crippen molar-refractivity contribution in [2.24, 2.45) is 0 Å². The molecule has 0 aliphatic carbocycles. The quantitative estimate of drug-likeness (QED) is 0.627. The Balaban J connectivity index is 1.86. The lowest BCUT2D eigenvalue weighted by atomic mass is 9.96. The molecule has 1 atom stereocenters. The molecule has 1 N–H and O–H groups in total. The van der Waals surface area contributed by atoms with E-state index in [1.54, 1.807) is 62.8 Å². The molecule has 1 aliphatic heterocycles. The normalized spacial score (nSPS) is 16.3. The molecule has 4 rings (SSSR count). The molecule has 3 aromatic rings. The van der Waals surface area contributed by atoms with Gasteiger partial charge in [-0.3, -0.25) is 19.5 Å². The summed E-state index contributed by atoms with van der Waals surface area (Å²) in [6.45, 7) is 3.55. The van der Waals surface area contributed by atoms with Gasteiger partial charge in [-0.05, 0) is 49.7 Å². The van der Waals surface area contributed by atoms with Crippen LogP contribution in [-0.4, -0.2) is 33.9 Å². The summed E-state index contributed by atoms with van der Waals surface area (Å²) in [5.41, 5.74) is 1.74. The van der Waals surface area contributed by atoms with Crippen molar-refractivity contribution in [3.05, 3.63) is 81.3 Å². The van der Waals surface area contributed by atoms with Gasteiger partial charge in [0.1, 0.15) is 5.75 Å². The number of ketones is 1.